The van der Waals surface area contributed by atoms with E-state index in [1.165, 1.54) is 12.8 Å². The van der Waals surface area contributed by atoms with E-state index in [1.54, 1.807) is 11.8 Å². The van der Waals surface area contributed by atoms with Gasteiger partial charge in [0.1, 0.15) is 5.15 Å². The van der Waals surface area contributed by atoms with Crippen molar-refractivity contribution in [3.8, 4) is 0 Å². The quantitative estimate of drug-likeness (QED) is 0.706. The van der Waals surface area contributed by atoms with Crippen molar-refractivity contribution in [3.05, 3.63) is 10.8 Å². The molecule has 2 aliphatic heterocycles. The van der Waals surface area contributed by atoms with Crippen molar-refractivity contribution in [1.82, 2.24) is 9.97 Å². The number of anilines is 1. The molecule has 0 saturated carbocycles. The third kappa shape index (κ3) is 1.70. The molecule has 0 spiro atoms. The number of fused-ring (bicyclic) bond motifs is 1. The summed E-state index contributed by atoms with van der Waals surface area (Å²) in [6.45, 7) is 2.14. The number of halogens is 1. The first-order valence-electron chi connectivity index (χ1n) is 5.29. The van der Waals surface area contributed by atoms with E-state index in [9.17, 15) is 0 Å². The lowest BCUT2D eigenvalue weighted by atomic mass is 10.3. The third-order valence-corrected chi connectivity index (χ3v) is 4.37. The molecule has 0 amide bonds. The Morgan fingerprint density at radius 2 is 2.00 bits per heavy atom. The second-order valence-corrected chi connectivity index (χ2v) is 5.35. The lowest BCUT2D eigenvalue weighted by molar-refractivity contribution is 0.864. The normalized spacial score (nSPS) is 19.7. The summed E-state index contributed by atoms with van der Waals surface area (Å²) in [5, 5.41) is 0.643. The van der Waals surface area contributed by atoms with Gasteiger partial charge in [-0.2, -0.15) is 4.98 Å². The Labute approximate surface area is 98.2 Å². The molecule has 0 aromatic carbocycles. The number of hydrogen-bond donors (Lipinski definition) is 0. The molecular weight excluding hydrogens is 230 g/mol. The van der Waals surface area contributed by atoms with E-state index in [0.29, 0.717) is 5.15 Å². The number of aryl methyl sites for hydroxylation is 1. The average Bonchev–Trinajstić information content (AvgIpc) is 2.88. The van der Waals surface area contributed by atoms with E-state index in [-0.39, 0.29) is 0 Å². The second-order valence-electron chi connectivity index (χ2n) is 3.88. The Balaban J connectivity index is 1.99. The van der Waals surface area contributed by atoms with Crippen molar-refractivity contribution in [2.75, 3.05) is 23.7 Å². The third-order valence-electron chi connectivity index (χ3n) is 2.86. The van der Waals surface area contributed by atoms with Crippen LogP contribution in [0.15, 0.2) is 4.90 Å². The number of nitrogens with zero attached hydrogens (tertiary/aromatic N) is 3. The number of thioether (sulfide) groups is 1. The van der Waals surface area contributed by atoms with Crippen LogP contribution in [0.5, 0.6) is 0 Å². The molecule has 1 aromatic heterocycles. The molecule has 1 fully saturated rings. The van der Waals surface area contributed by atoms with E-state index in [0.717, 1.165) is 41.8 Å². The van der Waals surface area contributed by atoms with Crippen LogP contribution in [0.4, 0.5) is 5.95 Å². The molecule has 15 heavy (non-hydrogen) atoms. The van der Waals surface area contributed by atoms with Crippen LogP contribution < -0.4 is 4.90 Å². The predicted octanol–water partition coefficient (Wildman–Crippen LogP) is 2.38. The summed E-state index contributed by atoms with van der Waals surface area (Å²) in [6, 6.07) is 0. The van der Waals surface area contributed by atoms with Crippen molar-refractivity contribution in [3.63, 3.8) is 0 Å². The maximum Gasteiger partial charge on any atom is 0.227 e. The lowest BCUT2D eigenvalue weighted by Gasteiger charge is -2.16. The summed E-state index contributed by atoms with van der Waals surface area (Å²) in [4.78, 5) is 12.3. The van der Waals surface area contributed by atoms with Crippen LogP contribution >= 0.6 is 23.4 Å². The highest BCUT2D eigenvalue weighted by molar-refractivity contribution is 7.99. The van der Waals surface area contributed by atoms with Crippen LogP contribution in [0, 0.1) is 0 Å². The standard InChI is InChI=1S/C10H12ClN3S/c11-9-8-7(3-6-15-8)12-10(13-9)14-4-1-2-5-14/h1-6H2. The van der Waals surface area contributed by atoms with Gasteiger partial charge in [0.15, 0.2) is 0 Å². The minimum atomic E-state index is 0.643. The molecule has 0 radical (unpaired) electrons. The smallest absolute Gasteiger partial charge is 0.227 e. The van der Waals surface area contributed by atoms with Crippen molar-refractivity contribution in [1.29, 1.82) is 0 Å². The highest BCUT2D eigenvalue weighted by Gasteiger charge is 2.22. The summed E-state index contributed by atoms with van der Waals surface area (Å²) >= 11 is 7.92. The Bertz CT molecular complexity index is 390. The fourth-order valence-electron chi connectivity index (χ4n) is 2.07. The summed E-state index contributed by atoms with van der Waals surface area (Å²) in [6.07, 6.45) is 3.52. The minimum absolute atomic E-state index is 0.643. The van der Waals surface area contributed by atoms with Gasteiger partial charge in [0, 0.05) is 25.3 Å². The first-order chi connectivity index (χ1) is 7.34. The summed E-state index contributed by atoms with van der Waals surface area (Å²) in [5.41, 5.74) is 1.14. The van der Waals surface area contributed by atoms with Gasteiger partial charge in [-0.25, -0.2) is 4.98 Å². The van der Waals surface area contributed by atoms with Gasteiger partial charge in [-0.15, -0.1) is 11.8 Å². The summed E-state index contributed by atoms with van der Waals surface area (Å²) in [5.74, 6) is 1.92. The van der Waals surface area contributed by atoms with Crippen LogP contribution in [0.1, 0.15) is 18.5 Å². The Morgan fingerprint density at radius 1 is 1.20 bits per heavy atom. The van der Waals surface area contributed by atoms with Crippen molar-refractivity contribution < 1.29 is 0 Å². The van der Waals surface area contributed by atoms with Gasteiger partial charge in [-0.1, -0.05) is 11.6 Å². The van der Waals surface area contributed by atoms with Crippen LogP contribution in [0.25, 0.3) is 0 Å². The summed E-state index contributed by atoms with van der Waals surface area (Å²) in [7, 11) is 0. The van der Waals surface area contributed by atoms with E-state index < -0.39 is 0 Å². The molecule has 0 unspecified atom stereocenters. The lowest BCUT2D eigenvalue weighted by Crippen LogP contribution is -2.21. The zero-order chi connectivity index (χ0) is 10.3. The molecule has 3 nitrogen and oxygen atoms in total. The minimum Gasteiger partial charge on any atom is -0.341 e. The second kappa shape index (κ2) is 3.83. The molecule has 0 N–H and O–H groups in total. The maximum atomic E-state index is 6.15. The van der Waals surface area contributed by atoms with Crippen molar-refractivity contribution >= 4 is 29.3 Å². The SMILES string of the molecule is Clc1nc(N2CCCC2)nc2c1SCC2. The first-order valence-corrected chi connectivity index (χ1v) is 6.65. The molecule has 3 heterocycles. The van der Waals surface area contributed by atoms with Gasteiger partial charge in [-0.05, 0) is 12.8 Å². The van der Waals surface area contributed by atoms with Crippen LogP contribution in [0.3, 0.4) is 0 Å². The average molecular weight is 242 g/mol. The molecule has 3 rings (SSSR count). The van der Waals surface area contributed by atoms with Gasteiger partial charge in [0.25, 0.3) is 0 Å². The maximum absolute atomic E-state index is 6.15. The Morgan fingerprint density at radius 3 is 2.80 bits per heavy atom. The van der Waals surface area contributed by atoms with Crippen LogP contribution in [-0.2, 0) is 6.42 Å². The number of hydrogen-bond acceptors (Lipinski definition) is 4. The molecule has 80 valence electrons. The fourth-order valence-corrected chi connectivity index (χ4v) is 3.40. The molecule has 0 bridgehead atoms. The van der Waals surface area contributed by atoms with Crippen molar-refractivity contribution in [2.45, 2.75) is 24.2 Å². The zero-order valence-electron chi connectivity index (χ0n) is 8.37. The van der Waals surface area contributed by atoms with Crippen LogP contribution in [0.2, 0.25) is 5.15 Å². The molecule has 0 atom stereocenters. The first kappa shape index (κ1) is 9.73. The van der Waals surface area contributed by atoms with E-state index in [1.807, 2.05) is 0 Å². The Kier molecular flexibility index (Phi) is 2.48. The highest BCUT2D eigenvalue weighted by Crippen LogP contribution is 2.36. The molecular formula is C10H12ClN3S. The van der Waals surface area contributed by atoms with Crippen LogP contribution in [-0.4, -0.2) is 28.8 Å². The van der Waals surface area contributed by atoms with Gasteiger partial charge >= 0.3 is 0 Å². The van der Waals surface area contributed by atoms with E-state index in [2.05, 4.69) is 14.9 Å². The molecule has 0 aliphatic carbocycles. The van der Waals surface area contributed by atoms with Gasteiger partial charge in [0.2, 0.25) is 5.95 Å². The largest absolute Gasteiger partial charge is 0.341 e. The van der Waals surface area contributed by atoms with E-state index >= 15 is 0 Å². The van der Waals surface area contributed by atoms with Crippen molar-refractivity contribution in [2.24, 2.45) is 0 Å². The molecule has 2 aliphatic rings. The Hall–Kier alpha value is -0.480. The van der Waals surface area contributed by atoms with Gasteiger partial charge < -0.3 is 4.90 Å². The molecule has 1 saturated heterocycles. The van der Waals surface area contributed by atoms with Gasteiger partial charge in [-0.3, -0.25) is 0 Å². The van der Waals surface area contributed by atoms with E-state index in [4.69, 9.17) is 11.6 Å². The topological polar surface area (TPSA) is 29.0 Å². The highest BCUT2D eigenvalue weighted by atomic mass is 35.5. The molecule has 1 aromatic rings. The number of rotatable bonds is 1. The monoisotopic (exact) mass is 241 g/mol. The predicted molar refractivity (Wildman–Crippen MR) is 62.9 cm³/mol. The number of aromatic nitrogens is 2. The zero-order valence-corrected chi connectivity index (χ0v) is 9.94. The summed E-state index contributed by atoms with van der Waals surface area (Å²) < 4.78 is 0. The van der Waals surface area contributed by atoms with Gasteiger partial charge in [0.05, 0.1) is 10.6 Å². The molecule has 5 heteroatoms. The fraction of sp³-hybridized carbons (Fsp3) is 0.600.